The molecule has 1 aliphatic heterocycles. The molecule has 3 atom stereocenters. The summed E-state index contributed by atoms with van der Waals surface area (Å²) in [6, 6.07) is 25.2. The quantitative estimate of drug-likeness (QED) is 0.308. The average molecular weight is 552 g/mol. The fourth-order valence-electron chi connectivity index (χ4n) is 6.48. The third-order valence-corrected chi connectivity index (χ3v) is 9.60. The minimum absolute atomic E-state index is 0.0278. The van der Waals surface area contributed by atoms with Gasteiger partial charge in [-0.05, 0) is 78.8 Å². The average Bonchev–Trinajstić information content (AvgIpc) is 3.54. The summed E-state index contributed by atoms with van der Waals surface area (Å²) in [5, 5.41) is 3.48. The minimum Gasteiger partial charge on any atom is -0.310 e. The number of halogens is 1. The molecule has 1 saturated heterocycles. The minimum atomic E-state index is -1.59. The maximum Gasteiger partial charge on any atom is 0.176 e. The standard InChI is InChI=1S/C37H44FN.C2H6/c1-26-9-13-28(14-10-26)35(3,4)30-17-21-32(22-18-30)37(38,34-8-7-25-39-34)33-23-19-31(20-24-33)36(5,6)29-15-11-27(2)12-16-29;1-2/h9-15,17-24,29,34,39H,7-8,16,25H2,1-6H3;1-2H3/t29?,34-,37?;/m0./s1. The lowest BCUT2D eigenvalue weighted by molar-refractivity contribution is 0.163. The number of hydrogen-bond acceptors (Lipinski definition) is 1. The normalized spacial score (nSPS) is 20.6. The molecule has 1 fully saturated rings. The van der Waals surface area contributed by atoms with Crippen LogP contribution in [0.5, 0.6) is 0 Å². The van der Waals surface area contributed by atoms with Gasteiger partial charge in [0.25, 0.3) is 0 Å². The topological polar surface area (TPSA) is 12.0 Å². The molecule has 1 N–H and O–H groups in total. The number of nitrogens with one attached hydrogen (secondary N) is 1. The SMILES string of the molecule is CC.CC1=CCC(C(C)(C)c2ccc(C(F)(c3ccc(C(C)(C)c4ccc(C)cc4)cc3)[C@@H]3CCCN3)cc2)C=C1. The molecule has 5 rings (SSSR count). The van der Waals surface area contributed by atoms with Crippen LogP contribution >= 0.6 is 0 Å². The van der Waals surface area contributed by atoms with Crippen LogP contribution in [0.1, 0.15) is 101 Å². The van der Waals surface area contributed by atoms with Gasteiger partial charge in [-0.15, -0.1) is 0 Å². The molecule has 0 amide bonds. The second-order valence-corrected chi connectivity index (χ2v) is 12.9. The second kappa shape index (κ2) is 12.5. The van der Waals surface area contributed by atoms with E-state index >= 15 is 4.39 Å². The van der Waals surface area contributed by atoms with Gasteiger partial charge in [-0.2, -0.15) is 0 Å². The van der Waals surface area contributed by atoms with Crippen LogP contribution in [0.3, 0.4) is 0 Å². The number of hydrogen-bond donors (Lipinski definition) is 1. The van der Waals surface area contributed by atoms with Crippen LogP contribution in [0.25, 0.3) is 0 Å². The zero-order valence-electron chi connectivity index (χ0n) is 26.5. The fraction of sp³-hybridized carbons (Fsp3) is 0.436. The fourth-order valence-corrected chi connectivity index (χ4v) is 6.48. The summed E-state index contributed by atoms with van der Waals surface area (Å²) < 4.78 is 17.5. The molecule has 2 unspecified atom stereocenters. The van der Waals surface area contributed by atoms with Gasteiger partial charge < -0.3 is 5.32 Å². The van der Waals surface area contributed by atoms with Crippen LogP contribution in [0.4, 0.5) is 4.39 Å². The highest BCUT2D eigenvalue weighted by molar-refractivity contribution is 5.45. The number of aryl methyl sites for hydroxylation is 1. The molecule has 2 aliphatic rings. The van der Waals surface area contributed by atoms with Crippen LogP contribution in [0.2, 0.25) is 0 Å². The third kappa shape index (κ3) is 6.14. The molecule has 0 bridgehead atoms. The van der Waals surface area contributed by atoms with E-state index in [1.165, 1.54) is 27.8 Å². The van der Waals surface area contributed by atoms with Crippen LogP contribution in [-0.4, -0.2) is 12.6 Å². The Hall–Kier alpha value is -2.97. The van der Waals surface area contributed by atoms with Crippen molar-refractivity contribution in [3.05, 3.63) is 130 Å². The van der Waals surface area contributed by atoms with Crippen LogP contribution in [0.15, 0.2) is 96.6 Å². The molecule has 0 aromatic heterocycles. The smallest absolute Gasteiger partial charge is 0.176 e. The van der Waals surface area contributed by atoms with E-state index in [0.29, 0.717) is 5.92 Å². The Morgan fingerprint density at radius 3 is 1.66 bits per heavy atom. The van der Waals surface area contributed by atoms with Gasteiger partial charge in [0, 0.05) is 11.5 Å². The van der Waals surface area contributed by atoms with Crippen molar-refractivity contribution in [2.24, 2.45) is 5.92 Å². The van der Waals surface area contributed by atoms with Gasteiger partial charge in [-0.3, -0.25) is 0 Å². The Labute approximate surface area is 249 Å². The number of alkyl halides is 1. The van der Waals surface area contributed by atoms with Crippen molar-refractivity contribution in [2.45, 2.75) is 97.2 Å². The molecule has 0 spiro atoms. The predicted octanol–water partition coefficient (Wildman–Crippen LogP) is 10.1. The molecular formula is C39H50FN. The van der Waals surface area contributed by atoms with Gasteiger partial charge in [0.2, 0.25) is 0 Å². The van der Waals surface area contributed by atoms with Gasteiger partial charge >= 0.3 is 0 Å². The predicted molar refractivity (Wildman–Crippen MR) is 174 cm³/mol. The monoisotopic (exact) mass is 551 g/mol. The van der Waals surface area contributed by atoms with Crippen molar-refractivity contribution in [2.75, 3.05) is 6.54 Å². The highest BCUT2D eigenvalue weighted by atomic mass is 19.1. The zero-order chi connectivity index (χ0) is 29.8. The largest absolute Gasteiger partial charge is 0.310 e. The Bertz CT molecular complexity index is 1340. The zero-order valence-corrected chi connectivity index (χ0v) is 26.5. The van der Waals surface area contributed by atoms with E-state index in [0.717, 1.165) is 36.9 Å². The second-order valence-electron chi connectivity index (χ2n) is 12.9. The van der Waals surface area contributed by atoms with E-state index in [9.17, 15) is 0 Å². The maximum absolute atomic E-state index is 17.5. The molecule has 1 heterocycles. The first-order valence-electron chi connectivity index (χ1n) is 15.6. The molecule has 2 heteroatoms. The van der Waals surface area contributed by atoms with Crippen molar-refractivity contribution in [1.82, 2.24) is 5.32 Å². The van der Waals surface area contributed by atoms with Crippen molar-refractivity contribution in [1.29, 1.82) is 0 Å². The van der Waals surface area contributed by atoms with E-state index in [1.54, 1.807) is 0 Å². The highest BCUT2D eigenvalue weighted by Crippen LogP contribution is 2.43. The molecule has 41 heavy (non-hydrogen) atoms. The number of allylic oxidation sites excluding steroid dienone is 4. The lowest BCUT2D eigenvalue weighted by Crippen LogP contribution is -2.43. The summed E-state index contributed by atoms with van der Waals surface area (Å²) in [6.07, 6.45) is 9.77. The van der Waals surface area contributed by atoms with E-state index in [4.69, 9.17) is 0 Å². The molecule has 1 nitrogen and oxygen atoms in total. The lowest BCUT2D eigenvalue weighted by atomic mass is 9.70. The Morgan fingerprint density at radius 1 is 0.707 bits per heavy atom. The lowest BCUT2D eigenvalue weighted by Gasteiger charge is -2.36. The number of benzene rings is 3. The first-order valence-corrected chi connectivity index (χ1v) is 15.6. The van der Waals surface area contributed by atoms with E-state index < -0.39 is 5.67 Å². The number of rotatable bonds is 7. The van der Waals surface area contributed by atoms with Crippen molar-refractivity contribution in [3.8, 4) is 0 Å². The summed E-state index contributed by atoms with van der Waals surface area (Å²) >= 11 is 0. The summed E-state index contributed by atoms with van der Waals surface area (Å²) in [5.74, 6) is 0.433. The molecule has 218 valence electrons. The van der Waals surface area contributed by atoms with Crippen molar-refractivity contribution >= 4 is 0 Å². The molecular weight excluding hydrogens is 501 g/mol. The first-order chi connectivity index (χ1) is 19.5. The summed E-state index contributed by atoms with van der Waals surface area (Å²) in [7, 11) is 0. The maximum atomic E-state index is 17.5. The van der Waals surface area contributed by atoms with Crippen LogP contribution < -0.4 is 5.32 Å². The van der Waals surface area contributed by atoms with Crippen molar-refractivity contribution < 1.29 is 4.39 Å². The molecule has 3 aromatic carbocycles. The summed E-state index contributed by atoms with van der Waals surface area (Å²) in [5.41, 5.74) is 5.99. The van der Waals surface area contributed by atoms with Gasteiger partial charge in [0.1, 0.15) is 0 Å². The van der Waals surface area contributed by atoms with Gasteiger partial charge in [0.15, 0.2) is 5.67 Å². The first kappa shape index (κ1) is 31.0. The van der Waals surface area contributed by atoms with Gasteiger partial charge in [0.05, 0.1) is 0 Å². The van der Waals surface area contributed by atoms with Crippen LogP contribution in [-0.2, 0) is 16.5 Å². The molecule has 3 aromatic rings. The third-order valence-electron chi connectivity index (χ3n) is 9.60. The Morgan fingerprint density at radius 2 is 1.20 bits per heavy atom. The van der Waals surface area contributed by atoms with Crippen LogP contribution in [0, 0.1) is 12.8 Å². The summed E-state index contributed by atoms with van der Waals surface area (Å²) in [6.45, 7) is 18.2. The van der Waals surface area contributed by atoms with E-state index in [1.807, 2.05) is 38.1 Å². The summed E-state index contributed by atoms with van der Waals surface area (Å²) in [4.78, 5) is 0. The molecule has 1 aliphatic carbocycles. The molecule has 0 radical (unpaired) electrons. The Balaban J connectivity index is 0.00000189. The van der Waals surface area contributed by atoms with Gasteiger partial charge in [-0.1, -0.05) is 144 Å². The van der Waals surface area contributed by atoms with Crippen molar-refractivity contribution in [3.63, 3.8) is 0 Å². The van der Waals surface area contributed by atoms with E-state index in [-0.39, 0.29) is 16.9 Å². The van der Waals surface area contributed by atoms with E-state index in [2.05, 4.69) is 114 Å². The van der Waals surface area contributed by atoms with Gasteiger partial charge in [-0.25, -0.2) is 4.39 Å². The Kier molecular flexibility index (Phi) is 9.44. The highest BCUT2D eigenvalue weighted by Gasteiger charge is 2.44. The molecule has 0 saturated carbocycles.